The fourth-order valence-electron chi connectivity index (χ4n) is 1.97. The zero-order valence-electron chi connectivity index (χ0n) is 10.7. The van der Waals surface area contributed by atoms with Crippen LogP contribution in [0.4, 0.5) is 0 Å². The number of aliphatic hydroxyl groups excluding tert-OH is 2. The number of hydrogen-bond acceptors (Lipinski definition) is 5. The highest BCUT2D eigenvalue weighted by Gasteiger charge is 2.42. The topological polar surface area (TPSA) is 68.2 Å². The van der Waals surface area contributed by atoms with Gasteiger partial charge in [-0.15, -0.1) is 6.58 Å². The summed E-state index contributed by atoms with van der Waals surface area (Å²) in [6, 6.07) is 7.42. The molecule has 1 aliphatic rings. The lowest BCUT2D eigenvalue weighted by Gasteiger charge is -2.18. The van der Waals surface area contributed by atoms with Gasteiger partial charge in [0.15, 0.2) is 6.29 Å². The molecule has 1 saturated heterocycles. The van der Waals surface area contributed by atoms with Gasteiger partial charge in [0, 0.05) is 0 Å². The molecule has 1 fully saturated rings. The molecule has 0 bridgehead atoms. The average Bonchev–Trinajstić information content (AvgIpc) is 2.72. The van der Waals surface area contributed by atoms with Gasteiger partial charge in [-0.05, 0) is 17.7 Å². The van der Waals surface area contributed by atoms with Crippen molar-refractivity contribution in [2.24, 2.45) is 0 Å². The van der Waals surface area contributed by atoms with Gasteiger partial charge in [0.05, 0.1) is 13.7 Å². The summed E-state index contributed by atoms with van der Waals surface area (Å²) in [7, 11) is 1.60. The van der Waals surface area contributed by atoms with E-state index in [2.05, 4.69) is 6.58 Å². The molecule has 1 heterocycles. The van der Waals surface area contributed by atoms with Gasteiger partial charge in [-0.1, -0.05) is 18.2 Å². The molecule has 2 rings (SSSR count). The normalized spacial score (nSPS) is 30.3. The van der Waals surface area contributed by atoms with Crippen LogP contribution in [0.3, 0.4) is 0 Å². The second-order valence-corrected chi connectivity index (χ2v) is 4.34. The Morgan fingerprint density at radius 1 is 1.32 bits per heavy atom. The molecule has 2 N–H and O–H groups in total. The van der Waals surface area contributed by atoms with Crippen molar-refractivity contribution in [1.29, 1.82) is 0 Å². The third-order valence-corrected chi connectivity index (χ3v) is 3.08. The fraction of sp³-hybridized carbons (Fsp3) is 0.429. The minimum atomic E-state index is -1.23. The van der Waals surface area contributed by atoms with Crippen LogP contribution in [-0.2, 0) is 16.1 Å². The number of ether oxygens (including phenoxy) is 3. The summed E-state index contributed by atoms with van der Waals surface area (Å²) in [6.45, 7) is 3.91. The highest BCUT2D eigenvalue weighted by atomic mass is 16.7. The van der Waals surface area contributed by atoms with E-state index >= 15 is 0 Å². The van der Waals surface area contributed by atoms with Gasteiger partial charge in [-0.2, -0.15) is 0 Å². The molecule has 19 heavy (non-hydrogen) atoms. The van der Waals surface area contributed by atoms with Gasteiger partial charge in [-0.25, -0.2) is 0 Å². The number of rotatable bonds is 5. The maximum Gasteiger partial charge on any atom is 0.184 e. The van der Waals surface area contributed by atoms with Gasteiger partial charge in [0.2, 0.25) is 0 Å². The highest BCUT2D eigenvalue weighted by molar-refractivity contribution is 5.26. The summed E-state index contributed by atoms with van der Waals surface area (Å²) in [5.41, 5.74) is 0.942. The van der Waals surface area contributed by atoms with Gasteiger partial charge in [0.1, 0.15) is 24.1 Å². The molecule has 0 spiro atoms. The van der Waals surface area contributed by atoms with Crippen LogP contribution in [0.15, 0.2) is 36.9 Å². The first kappa shape index (κ1) is 14.0. The van der Waals surface area contributed by atoms with Crippen molar-refractivity contribution in [3.8, 4) is 5.75 Å². The summed E-state index contributed by atoms with van der Waals surface area (Å²) in [5, 5.41) is 19.2. The van der Waals surface area contributed by atoms with Crippen molar-refractivity contribution < 1.29 is 24.4 Å². The minimum Gasteiger partial charge on any atom is -0.497 e. The SMILES string of the molecule is C=C[C@H]1OC(O)[C@H](O)[C@@H]1OCc1ccc(OC)cc1. The Morgan fingerprint density at radius 2 is 2.00 bits per heavy atom. The van der Waals surface area contributed by atoms with Crippen LogP contribution >= 0.6 is 0 Å². The molecule has 0 amide bonds. The highest BCUT2D eigenvalue weighted by Crippen LogP contribution is 2.24. The lowest BCUT2D eigenvalue weighted by atomic mass is 10.1. The van der Waals surface area contributed by atoms with Crippen LogP contribution < -0.4 is 4.74 Å². The number of hydrogen-bond donors (Lipinski definition) is 2. The molecule has 4 atom stereocenters. The van der Waals surface area contributed by atoms with E-state index < -0.39 is 24.6 Å². The third kappa shape index (κ3) is 3.13. The zero-order valence-corrected chi connectivity index (χ0v) is 10.7. The molecule has 0 aromatic heterocycles. The predicted octanol–water partition coefficient (Wildman–Crippen LogP) is 0.845. The zero-order chi connectivity index (χ0) is 13.8. The lowest BCUT2D eigenvalue weighted by molar-refractivity contribution is -0.121. The van der Waals surface area contributed by atoms with Crippen LogP contribution in [0.5, 0.6) is 5.75 Å². The second kappa shape index (κ2) is 6.16. The quantitative estimate of drug-likeness (QED) is 0.773. The number of aliphatic hydroxyl groups is 2. The van der Waals surface area contributed by atoms with E-state index in [4.69, 9.17) is 14.2 Å². The third-order valence-electron chi connectivity index (χ3n) is 3.08. The number of methoxy groups -OCH3 is 1. The minimum absolute atomic E-state index is 0.312. The summed E-state index contributed by atoms with van der Waals surface area (Å²) in [6.07, 6.45) is -1.92. The van der Waals surface area contributed by atoms with E-state index in [0.717, 1.165) is 11.3 Å². The Bertz CT molecular complexity index is 416. The van der Waals surface area contributed by atoms with Crippen LogP contribution in [0, 0.1) is 0 Å². The Hall–Kier alpha value is -1.40. The van der Waals surface area contributed by atoms with Crippen molar-refractivity contribution >= 4 is 0 Å². The molecule has 0 saturated carbocycles. The van der Waals surface area contributed by atoms with Crippen molar-refractivity contribution in [2.45, 2.75) is 31.2 Å². The maximum absolute atomic E-state index is 9.75. The van der Waals surface area contributed by atoms with Gasteiger partial charge >= 0.3 is 0 Å². The van der Waals surface area contributed by atoms with Crippen LogP contribution in [0.2, 0.25) is 0 Å². The van der Waals surface area contributed by atoms with E-state index in [1.807, 2.05) is 24.3 Å². The molecule has 1 aromatic rings. The number of benzene rings is 1. The molecule has 1 aliphatic heterocycles. The van der Waals surface area contributed by atoms with E-state index in [1.165, 1.54) is 6.08 Å². The Balaban J connectivity index is 1.95. The van der Waals surface area contributed by atoms with Crippen molar-refractivity contribution in [2.75, 3.05) is 7.11 Å². The lowest BCUT2D eigenvalue weighted by Crippen LogP contribution is -2.34. The fourth-order valence-corrected chi connectivity index (χ4v) is 1.97. The van der Waals surface area contributed by atoms with Crippen molar-refractivity contribution in [3.63, 3.8) is 0 Å². The van der Waals surface area contributed by atoms with Crippen molar-refractivity contribution in [1.82, 2.24) is 0 Å². The smallest absolute Gasteiger partial charge is 0.184 e. The maximum atomic E-state index is 9.75. The summed E-state index contributed by atoms with van der Waals surface area (Å²) in [4.78, 5) is 0. The Kier molecular flexibility index (Phi) is 4.55. The first-order valence-electron chi connectivity index (χ1n) is 6.04. The summed E-state index contributed by atoms with van der Waals surface area (Å²) >= 11 is 0. The van der Waals surface area contributed by atoms with Crippen LogP contribution in [-0.4, -0.2) is 41.9 Å². The first-order valence-corrected chi connectivity index (χ1v) is 6.04. The van der Waals surface area contributed by atoms with E-state index in [9.17, 15) is 10.2 Å². The molecule has 0 aliphatic carbocycles. The molecule has 5 nitrogen and oxygen atoms in total. The van der Waals surface area contributed by atoms with E-state index in [1.54, 1.807) is 7.11 Å². The molecule has 5 heteroatoms. The molecular formula is C14H18O5. The first-order chi connectivity index (χ1) is 9.15. The van der Waals surface area contributed by atoms with E-state index in [-0.39, 0.29) is 0 Å². The van der Waals surface area contributed by atoms with E-state index in [0.29, 0.717) is 6.61 Å². The monoisotopic (exact) mass is 266 g/mol. The van der Waals surface area contributed by atoms with Crippen LogP contribution in [0.25, 0.3) is 0 Å². The van der Waals surface area contributed by atoms with Gasteiger partial charge in [0.25, 0.3) is 0 Å². The standard InChI is InChI=1S/C14H18O5/c1-3-11-13(12(15)14(16)19-11)18-8-9-4-6-10(17-2)7-5-9/h3-7,11-16H,1,8H2,2H3/t11-,12-,13-,14?/m1/s1. The van der Waals surface area contributed by atoms with Gasteiger partial charge < -0.3 is 24.4 Å². The summed E-state index contributed by atoms with van der Waals surface area (Å²) < 4.78 is 15.8. The molecule has 1 aromatic carbocycles. The molecule has 0 radical (unpaired) electrons. The molecule has 1 unspecified atom stereocenters. The molecular weight excluding hydrogens is 248 g/mol. The molecule has 104 valence electrons. The Labute approximate surface area is 112 Å². The average molecular weight is 266 g/mol. The summed E-state index contributed by atoms with van der Waals surface area (Å²) in [5.74, 6) is 0.771. The van der Waals surface area contributed by atoms with Crippen molar-refractivity contribution in [3.05, 3.63) is 42.5 Å². The second-order valence-electron chi connectivity index (χ2n) is 4.34. The largest absolute Gasteiger partial charge is 0.497 e. The van der Waals surface area contributed by atoms with Crippen LogP contribution in [0.1, 0.15) is 5.56 Å². The van der Waals surface area contributed by atoms with Gasteiger partial charge in [-0.3, -0.25) is 0 Å². The Morgan fingerprint density at radius 3 is 2.58 bits per heavy atom. The predicted molar refractivity (Wildman–Crippen MR) is 68.7 cm³/mol.